The van der Waals surface area contributed by atoms with E-state index in [0.29, 0.717) is 6.54 Å². The van der Waals surface area contributed by atoms with Gasteiger partial charge in [-0.2, -0.15) is 0 Å². The molecule has 2 heterocycles. The molecule has 0 aromatic carbocycles. The summed E-state index contributed by atoms with van der Waals surface area (Å²) < 4.78 is 3.56. The minimum atomic E-state index is -1.07. The highest BCUT2D eigenvalue weighted by atomic mass is 16.4. The number of carboxylic acids is 1. The minimum absolute atomic E-state index is 0.124. The molecule has 0 aliphatic carbocycles. The molecule has 2 aromatic rings. The van der Waals surface area contributed by atoms with Gasteiger partial charge in [-0.1, -0.05) is 0 Å². The SMILES string of the molecule is CCn1c(=O)n(C)c(=O)c2c1ncn2C(C)C(=O)O. The molecule has 0 aliphatic rings. The lowest BCUT2D eigenvalue weighted by atomic mass is 10.3. The third-order valence-corrected chi connectivity index (χ3v) is 3.15. The van der Waals surface area contributed by atoms with Crippen molar-refractivity contribution in [2.24, 2.45) is 7.05 Å². The van der Waals surface area contributed by atoms with Crippen LogP contribution in [0, 0.1) is 0 Å². The molecule has 0 fully saturated rings. The van der Waals surface area contributed by atoms with Gasteiger partial charge in [0.05, 0.1) is 6.33 Å². The lowest BCUT2D eigenvalue weighted by Gasteiger charge is -2.10. The first-order chi connectivity index (χ1) is 8.90. The molecule has 0 radical (unpaired) electrons. The maximum absolute atomic E-state index is 12.1. The molecule has 8 heteroatoms. The summed E-state index contributed by atoms with van der Waals surface area (Å²) in [5.41, 5.74) is -0.675. The summed E-state index contributed by atoms with van der Waals surface area (Å²) in [6.07, 6.45) is 1.27. The fourth-order valence-corrected chi connectivity index (χ4v) is 1.97. The second kappa shape index (κ2) is 4.38. The van der Waals surface area contributed by atoms with Gasteiger partial charge >= 0.3 is 11.7 Å². The number of hydrogen-bond donors (Lipinski definition) is 1. The Bertz CT molecular complexity index is 767. The monoisotopic (exact) mass is 266 g/mol. The summed E-state index contributed by atoms with van der Waals surface area (Å²) in [4.78, 5) is 39.1. The molecule has 0 saturated heterocycles. The Balaban J connectivity index is 2.95. The lowest BCUT2D eigenvalue weighted by Crippen LogP contribution is -2.38. The van der Waals surface area contributed by atoms with E-state index in [1.807, 2.05) is 0 Å². The van der Waals surface area contributed by atoms with E-state index in [0.717, 1.165) is 4.57 Å². The molecule has 0 aliphatic heterocycles. The first-order valence-corrected chi connectivity index (χ1v) is 5.79. The van der Waals surface area contributed by atoms with Crippen LogP contribution < -0.4 is 11.2 Å². The van der Waals surface area contributed by atoms with Crippen molar-refractivity contribution in [1.82, 2.24) is 18.7 Å². The summed E-state index contributed by atoms with van der Waals surface area (Å²) >= 11 is 0. The summed E-state index contributed by atoms with van der Waals surface area (Å²) in [6.45, 7) is 3.55. The topological polar surface area (TPSA) is 99.1 Å². The zero-order valence-corrected chi connectivity index (χ0v) is 10.8. The van der Waals surface area contributed by atoms with Crippen LogP contribution in [0.3, 0.4) is 0 Å². The van der Waals surface area contributed by atoms with Crippen molar-refractivity contribution in [1.29, 1.82) is 0 Å². The van der Waals surface area contributed by atoms with Crippen molar-refractivity contribution in [3.8, 4) is 0 Å². The zero-order chi connectivity index (χ0) is 14.3. The van der Waals surface area contributed by atoms with E-state index in [-0.39, 0.29) is 11.2 Å². The van der Waals surface area contributed by atoms with Crippen LogP contribution in [0.5, 0.6) is 0 Å². The Kier molecular flexibility index (Phi) is 3.01. The maximum Gasteiger partial charge on any atom is 0.332 e. The van der Waals surface area contributed by atoms with Crippen molar-refractivity contribution in [3.63, 3.8) is 0 Å². The summed E-state index contributed by atoms with van der Waals surface area (Å²) in [5, 5.41) is 9.03. The Morgan fingerprint density at radius 3 is 2.63 bits per heavy atom. The quantitative estimate of drug-likeness (QED) is 0.812. The Morgan fingerprint density at radius 1 is 1.47 bits per heavy atom. The number of fused-ring (bicyclic) bond motifs is 1. The van der Waals surface area contributed by atoms with E-state index in [1.54, 1.807) is 6.92 Å². The van der Waals surface area contributed by atoms with Gasteiger partial charge in [-0.15, -0.1) is 0 Å². The van der Waals surface area contributed by atoms with Crippen molar-refractivity contribution in [2.75, 3.05) is 0 Å². The fourth-order valence-electron chi connectivity index (χ4n) is 1.97. The second-order valence-electron chi connectivity index (χ2n) is 4.23. The van der Waals surface area contributed by atoms with E-state index < -0.39 is 23.3 Å². The second-order valence-corrected chi connectivity index (χ2v) is 4.23. The highest BCUT2D eigenvalue weighted by Gasteiger charge is 2.21. The number of imidazole rings is 1. The van der Waals surface area contributed by atoms with Crippen LogP contribution in [0.25, 0.3) is 11.2 Å². The van der Waals surface area contributed by atoms with Crippen LogP contribution in [0.2, 0.25) is 0 Å². The van der Waals surface area contributed by atoms with Crippen LogP contribution in [0.15, 0.2) is 15.9 Å². The van der Waals surface area contributed by atoms with Gasteiger partial charge < -0.3 is 9.67 Å². The minimum Gasteiger partial charge on any atom is -0.480 e. The van der Waals surface area contributed by atoms with E-state index in [1.165, 1.54) is 29.4 Å². The highest BCUT2D eigenvalue weighted by molar-refractivity contribution is 5.76. The maximum atomic E-state index is 12.1. The van der Waals surface area contributed by atoms with Gasteiger partial charge in [-0.25, -0.2) is 14.6 Å². The molecule has 19 heavy (non-hydrogen) atoms. The zero-order valence-electron chi connectivity index (χ0n) is 10.8. The van der Waals surface area contributed by atoms with Crippen LogP contribution in [0.4, 0.5) is 0 Å². The first kappa shape index (κ1) is 13.1. The number of carbonyl (C=O) groups is 1. The van der Waals surface area contributed by atoms with Gasteiger partial charge in [-0.3, -0.25) is 13.9 Å². The number of hydrogen-bond acceptors (Lipinski definition) is 4. The first-order valence-electron chi connectivity index (χ1n) is 5.79. The van der Waals surface area contributed by atoms with Gasteiger partial charge in [-0.05, 0) is 13.8 Å². The van der Waals surface area contributed by atoms with Crippen LogP contribution in [-0.2, 0) is 18.4 Å². The van der Waals surface area contributed by atoms with Crippen molar-refractivity contribution < 1.29 is 9.90 Å². The van der Waals surface area contributed by atoms with E-state index in [4.69, 9.17) is 5.11 Å². The molecule has 8 nitrogen and oxygen atoms in total. The van der Waals surface area contributed by atoms with Crippen molar-refractivity contribution >= 4 is 17.1 Å². The number of carboxylic acid groups (broad SMARTS) is 1. The number of rotatable bonds is 3. The van der Waals surface area contributed by atoms with Gasteiger partial charge in [0.1, 0.15) is 6.04 Å². The number of aryl methyl sites for hydroxylation is 1. The molecule has 1 N–H and O–H groups in total. The molecule has 1 atom stereocenters. The van der Waals surface area contributed by atoms with E-state index in [9.17, 15) is 14.4 Å². The molecule has 1 unspecified atom stereocenters. The summed E-state index contributed by atoms with van der Waals surface area (Å²) in [5.74, 6) is -1.07. The van der Waals surface area contributed by atoms with Gasteiger partial charge in [0, 0.05) is 13.6 Å². The predicted molar refractivity (Wildman–Crippen MR) is 67.3 cm³/mol. The van der Waals surface area contributed by atoms with Crippen LogP contribution >= 0.6 is 0 Å². The third kappa shape index (κ3) is 1.76. The number of nitrogens with zero attached hydrogens (tertiary/aromatic N) is 4. The van der Waals surface area contributed by atoms with Gasteiger partial charge in [0.25, 0.3) is 5.56 Å². The van der Waals surface area contributed by atoms with Crippen molar-refractivity contribution in [2.45, 2.75) is 26.4 Å². The fraction of sp³-hybridized carbons (Fsp3) is 0.455. The summed E-state index contributed by atoms with van der Waals surface area (Å²) in [7, 11) is 1.36. The Morgan fingerprint density at radius 2 is 2.11 bits per heavy atom. The number of aromatic nitrogens is 4. The average Bonchev–Trinajstić information content (AvgIpc) is 2.80. The molecule has 0 amide bonds. The highest BCUT2D eigenvalue weighted by Crippen LogP contribution is 2.13. The molecule has 2 rings (SSSR count). The molecule has 102 valence electrons. The Hall–Kier alpha value is -2.38. The molecular weight excluding hydrogens is 252 g/mol. The third-order valence-electron chi connectivity index (χ3n) is 3.15. The molecular formula is C11H14N4O4. The molecule has 0 bridgehead atoms. The molecule has 2 aromatic heterocycles. The Labute approximate surface area is 107 Å². The molecule has 0 spiro atoms. The summed E-state index contributed by atoms with van der Waals surface area (Å²) in [6, 6.07) is -0.930. The smallest absolute Gasteiger partial charge is 0.332 e. The predicted octanol–water partition coefficient (Wildman–Crippen LogP) is -0.438. The lowest BCUT2D eigenvalue weighted by molar-refractivity contribution is -0.140. The molecule has 0 saturated carbocycles. The average molecular weight is 266 g/mol. The van der Waals surface area contributed by atoms with Gasteiger partial charge in [0.15, 0.2) is 11.2 Å². The van der Waals surface area contributed by atoms with E-state index in [2.05, 4.69) is 4.98 Å². The number of aliphatic carboxylic acids is 1. The largest absolute Gasteiger partial charge is 0.480 e. The van der Waals surface area contributed by atoms with Gasteiger partial charge in [0.2, 0.25) is 0 Å². The normalized spacial score (nSPS) is 12.8. The standard InChI is InChI=1S/C11H14N4O4/c1-4-14-8-7(9(16)13(3)11(14)19)15(5-12-8)6(2)10(17)18/h5-6H,4H2,1-3H3,(H,17,18). The van der Waals surface area contributed by atoms with Crippen LogP contribution in [0.1, 0.15) is 19.9 Å². The van der Waals surface area contributed by atoms with Crippen LogP contribution in [-0.4, -0.2) is 29.8 Å². The van der Waals surface area contributed by atoms with E-state index >= 15 is 0 Å². The van der Waals surface area contributed by atoms with Crippen molar-refractivity contribution in [3.05, 3.63) is 27.2 Å².